The first-order chi connectivity index (χ1) is 12.3. The van der Waals surface area contributed by atoms with Gasteiger partial charge in [-0.05, 0) is 72.5 Å². The molecule has 0 amide bonds. The molecule has 0 fully saturated rings. The quantitative estimate of drug-likeness (QED) is 0.254. The highest BCUT2D eigenvalue weighted by Gasteiger charge is 2.36. The Kier molecular flexibility index (Phi) is 6.84. The number of hydrogen-bond acceptors (Lipinski definition) is 5. The van der Waals surface area contributed by atoms with Gasteiger partial charge in [0.2, 0.25) is 0 Å². The van der Waals surface area contributed by atoms with Crippen LogP contribution in [0.2, 0.25) is 0 Å². The Balaban J connectivity index is 2.27. The van der Waals surface area contributed by atoms with E-state index in [0.717, 1.165) is 14.7 Å². The van der Waals surface area contributed by atoms with Crippen molar-refractivity contribution in [2.75, 3.05) is 0 Å². The standard InChI is InChI=1S/C18H17O3PS3/c23-19-22(20-24)21-25(16-10-4-1-5-11-16,17-12-6-2-7-13-17)18-14-8-3-9-15-18/h1-15,23-24H. The lowest BCUT2D eigenvalue weighted by Gasteiger charge is -2.40. The van der Waals surface area contributed by atoms with Crippen LogP contribution < -0.4 is 0 Å². The molecule has 0 saturated carbocycles. The summed E-state index contributed by atoms with van der Waals surface area (Å²) in [6.07, 6.45) is 0. The monoisotopic (exact) mass is 408 g/mol. The van der Waals surface area contributed by atoms with Crippen molar-refractivity contribution >= 4 is 44.7 Å². The van der Waals surface area contributed by atoms with Crippen LogP contribution >= 0.6 is 44.7 Å². The summed E-state index contributed by atoms with van der Waals surface area (Å²) >= 11 is 7.78. The lowest BCUT2D eigenvalue weighted by Crippen LogP contribution is -2.06. The summed E-state index contributed by atoms with van der Waals surface area (Å²) in [6.45, 7) is 0. The molecule has 0 radical (unpaired) electrons. The second-order valence-electron chi connectivity index (χ2n) is 4.96. The Labute approximate surface area is 162 Å². The number of benzene rings is 3. The summed E-state index contributed by atoms with van der Waals surface area (Å²) < 4.78 is 16.6. The van der Waals surface area contributed by atoms with Crippen molar-refractivity contribution in [3.63, 3.8) is 0 Å². The average Bonchev–Trinajstić information content (AvgIpc) is 2.71. The Bertz CT molecular complexity index is 675. The Morgan fingerprint density at radius 1 is 0.560 bits per heavy atom. The van der Waals surface area contributed by atoms with Gasteiger partial charge in [0.05, 0.1) is 0 Å². The topological polar surface area (TPSA) is 27.7 Å². The minimum atomic E-state index is -2.07. The van der Waals surface area contributed by atoms with Crippen molar-refractivity contribution in [1.29, 1.82) is 0 Å². The molecular formula is C18H17O3PS3. The minimum absolute atomic E-state index is 1.04. The van der Waals surface area contributed by atoms with Gasteiger partial charge in [0.15, 0.2) is 0 Å². The summed E-state index contributed by atoms with van der Waals surface area (Å²) in [5, 5.41) is 0. The summed E-state index contributed by atoms with van der Waals surface area (Å²) in [4.78, 5) is 3.11. The van der Waals surface area contributed by atoms with Crippen molar-refractivity contribution in [2.24, 2.45) is 0 Å². The van der Waals surface area contributed by atoms with Crippen LogP contribution in [0.15, 0.2) is 106 Å². The van der Waals surface area contributed by atoms with E-state index in [4.69, 9.17) is 11.9 Å². The third-order valence-corrected chi connectivity index (χ3v) is 8.79. The fraction of sp³-hybridized carbons (Fsp3) is 0. The molecule has 7 heteroatoms. The zero-order valence-electron chi connectivity index (χ0n) is 13.1. The molecule has 0 N–H and O–H groups in total. The molecule has 0 aromatic heterocycles. The lowest BCUT2D eigenvalue weighted by molar-refractivity contribution is 0.465. The fourth-order valence-electron chi connectivity index (χ4n) is 2.51. The van der Waals surface area contributed by atoms with E-state index >= 15 is 0 Å². The molecule has 3 aromatic rings. The predicted octanol–water partition coefficient (Wildman–Crippen LogP) is 6.85. The normalized spacial score (nSPS) is 12.3. The first-order valence-corrected chi connectivity index (χ1v) is 10.8. The SMILES string of the molecule is SOP(OS)OS(c1ccccc1)(c1ccccc1)c1ccccc1. The molecule has 3 rings (SSSR count). The summed E-state index contributed by atoms with van der Waals surface area (Å²) in [7, 11) is -3.82. The van der Waals surface area contributed by atoms with Crippen molar-refractivity contribution in [2.45, 2.75) is 14.7 Å². The van der Waals surface area contributed by atoms with E-state index in [1.807, 2.05) is 54.6 Å². The molecular weight excluding hydrogens is 391 g/mol. The molecule has 0 atom stereocenters. The van der Waals surface area contributed by atoms with Crippen molar-refractivity contribution in [3.05, 3.63) is 91.0 Å². The van der Waals surface area contributed by atoms with Crippen LogP contribution in [-0.2, 0) is 11.9 Å². The van der Waals surface area contributed by atoms with Gasteiger partial charge in [-0.15, -0.1) is 0 Å². The molecule has 0 bridgehead atoms. The van der Waals surface area contributed by atoms with Gasteiger partial charge < -0.3 is 0 Å². The molecule has 3 aromatic carbocycles. The number of rotatable bonds is 7. The van der Waals surface area contributed by atoms with Crippen LogP contribution in [0.3, 0.4) is 0 Å². The molecule has 0 heterocycles. The zero-order chi connectivity index (χ0) is 17.5. The average molecular weight is 409 g/mol. The first-order valence-electron chi connectivity index (χ1n) is 7.42. The molecule has 0 unspecified atom stereocenters. The summed E-state index contributed by atoms with van der Waals surface area (Å²) in [5.74, 6) is 0. The van der Waals surface area contributed by atoms with E-state index in [0.29, 0.717) is 0 Å². The van der Waals surface area contributed by atoms with E-state index in [1.165, 1.54) is 0 Å². The van der Waals surface area contributed by atoms with Gasteiger partial charge >= 0.3 is 8.60 Å². The van der Waals surface area contributed by atoms with E-state index in [1.54, 1.807) is 0 Å². The second-order valence-corrected chi connectivity index (χ2v) is 9.83. The van der Waals surface area contributed by atoms with Crippen LogP contribution in [0.1, 0.15) is 0 Å². The largest absolute Gasteiger partial charge is 0.368 e. The molecule has 0 aliphatic carbocycles. The molecule has 0 saturated heterocycles. The lowest BCUT2D eigenvalue weighted by atomic mass is 10.4. The van der Waals surface area contributed by atoms with Crippen LogP contribution in [0.5, 0.6) is 0 Å². The van der Waals surface area contributed by atoms with Gasteiger partial charge in [0.1, 0.15) is 0 Å². The van der Waals surface area contributed by atoms with Crippen LogP contribution in [0.25, 0.3) is 0 Å². The van der Waals surface area contributed by atoms with Crippen LogP contribution in [0.4, 0.5) is 0 Å². The molecule has 0 aliphatic rings. The maximum atomic E-state index is 6.45. The summed E-state index contributed by atoms with van der Waals surface area (Å²) in [5.41, 5.74) is 0. The van der Waals surface area contributed by atoms with E-state index in [-0.39, 0.29) is 0 Å². The zero-order valence-corrected chi connectivity index (χ0v) is 16.6. The second kappa shape index (κ2) is 9.10. The third-order valence-electron chi connectivity index (χ3n) is 3.53. The van der Waals surface area contributed by atoms with E-state index < -0.39 is 18.9 Å². The fourth-order valence-corrected chi connectivity index (χ4v) is 7.80. The van der Waals surface area contributed by atoms with Gasteiger partial charge in [-0.1, -0.05) is 54.6 Å². The molecule has 3 nitrogen and oxygen atoms in total. The van der Waals surface area contributed by atoms with Crippen molar-refractivity contribution < 1.29 is 11.9 Å². The summed E-state index contributed by atoms with van der Waals surface area (Å²) in [6, 6.07) is 30.3. The maximum Gasteiger partial charge on any atom is 0.368 e. The molecule has 0 spiro atoms. The first kappa shape index (κ1) is 18.8. The maximum absolute atomic E-state index is 6.45. The van der Waals surface area contributed by atoms with Crippen LogP contribution in [-0.4, -0.2) is 0 Å². The highest BCUT2D eigenvalue weighted by Crippen LogP contribution is 2.74. The van der Waals surface area contributed by atoms with Crippen LogP contribution in [0, 0.1) is 0 Å². The number of thiol groups is 2. The molecule has 130 valence electrons. The van der Waals surface area contributed by atoms with Crippen molar-refractivity contribution in [1.82, 2.24) is 0 Å². The third kappa shape index (κ3) is 4.07. The molecule has 25 heavy (non-hydrogen) atoms. The molecule has 0 aliphatic heterocycles. The van der Waals surface area contributed by atoms with Gasteiger partial charge in [0, 0.05) is 14.7 Å². The predicted molar refractivity (Wildman–Crippen MR) is 110 cm³/mol. The highest BCUT2D eigenvalue weighted by atomic mass is 32.3. The Hall–Kier alpha value is -0.980. The van der Waals surface area contributed by atoms with Gasteiger partial charge in [0.25, 0.3) is 0 Å². The highest BCUT2D eigenvalue weighted by molar-refractivity contribution is 8.31. The number of hydrogen-bond donors (Lipinski definition) is 2. The Morgan fingerprint density at radius 2 is 0.880 bits per heavy atom. The minimum Gasteiger partial charge on any atom is -0.248 e. The van der Waals surface area contributed by atoms with Gasteiger partial charge in [-0.25, -0.2) is 11.9 Å². The van der Waals surface area contributed by atoms with Crippen molar-refractivity contribution in [3.8, 4) is 0 Å². The van der Waals surface area contributed by atoms with Gasteiger partial charge in [-0.3, -0.25) is 0 Å². The Morgan fingerprint density at radius 3 is 1.16 bits per heavy atom. The van der Waals surface area contributed by atoms with E-state index in [2.05, 4.69) is 62.2 Å². The van der Waals surface area contributed by atoms with Gasteiger partial charge in [-0.2, -0.15) is 0 Å². The van der Waals surface area contributed by atoms with E-state index in [9.17, 15) is 0 Å². The smallest absolute Gasteiger partial charge is 0.248 e.